The van der Waals surface area contributed by atoms with Crippen molar-refractivity contribution in [1.82, 2.24) is 9.55 Å². The van der Waals surface area contributed by atoms with Gasteiger partial charge in [0.05, 0.1) is 16.7 Å². The summed E-state index contributed by atoms with van der Waals surface area (Å²) in [5.41, 5.74) is 8.70. The summed E-state index contributed by atoms with van der Waals surface area (Å²) in [6.45, 7) is 0. The van der Waals surface area contributed by atoms with E-state index in [1.807, 2.05) is 42.5 Å². The summed E-state index contributed by atoms with van der Waals surface area (Å²) in [5, 5.41) is 5.46. The molecule has 4 rings (SSSR count). The molecular weight excluding hydrogens is 322 g/mol. The minimum Gasteiger partial charge on any atom is -0.382 e. The minimum absolute atomic E-state index is 0.163. The molecule has 0 saturated heterocycles. The summed E-state index contributed by atoms with van der Waals surface area (Å²) in [6.07, 6.45) is 1.63. The topological polar surface area (TPSA) is 79.4 Å². The number of amidine groups is 1. The average molecular weight is 335 g/mol. The molecule has 118 valence electrons. The molecule has 2 heterocycles. The minimum atomic E-state index is -0.286. The zero-order chi connectivity index (χ0) is 16.7. The van der Waals surface area contributed by atoms with Crippen LogP contribution in [0.25, 0.3) is 17.2 Å². The van der Waals surface area contributed by atoms with Crippen LogP contribution < -0.4 is 10.7 Å². The first-order valence-corrected chi connectivity index (χ1v) is 7.71. The lowest BCUT2D eigenvalue weighted by molar-refractivity contribution is -0.114. The highest BCUT2D eigenvalue weighted by molar-refractivity contribution is 7.71. The zero-order valence-electron chi connectivity index (χ0n) is 12.5. The maximum absolute atomic E-state index is 12.7. The molecule has 1 aromatic heterocycles. The van der Waals surface area contributed by atoms with Gasteiger partial charge in [-0.3, -0.25) is 9.36 Å². The predicted octanol–water partition coefficient (Wildman–Crippen LogP) is 2.86. The Bertz CT molecular complexity index is 1060. The van der Waals surface area contributed by atoms with Crippen molar-refractivity contribution in [3.63, 3.8) is 0 Å². The Kier molecular flexibility index (Phi) is 3.28. The van der Waals surface area contributed by atoms with Crippen LogP contribution in [0.5, 0.6) is 0 Å². The van der Waals surface area contributed by atoms with Crippen LogP contribution in [0, 0.1) is 4.77 Å². The third-order valence-corrected chi connectivity index (χ3v) is 4.09. The fraction of sp³-hybridized carbons (Fsp3) is 0. The Morgan fingerprint density at radius 1 is 1.08 bits per heavy atom. The lowest BCUT2D eigenvalue weighted by Crippen LogP contribution is -2.22. The summed E-state index contributed by atoms with van der Waals surface area (Å²) in [4.78, 5) is 15.8. The van der Waals surface area contributed by atoms with Gasteiger partial charge in [0, 0.05) is 6.20 Å². The number of hydrogen-bond donors (Lipinski definition) is 2. The molecule has 7 heteroatoms. The van der Waals surface area contributed by atoms with Gasteiger partial charge in [-0.1, -0.05) is 30.3 Å². The number of hydrazone groups is 1. The van der Waals surface area contributed by atoms with Crippen LogP contribution in [-0.2, 0) is 4.79 Å². The van der Waals surface area contributed by atoms with Crippen molar-refractivity contribution in [2.45, 2.75) is 0 Å². The van der Waals surface area contributed by atoms with Crippen molar-refractivity contribution < 1.29 is 4.79 Å². The fourth-order valence-corrected chi connectivity index (χ4v) is 2.89. The van der Waals surface area contributed by atoms with Crippen LogP contribution in [0.1, 0.15) is 0 Å². The first-order chi connectivity index (χ1) is 11.6. The molecule has 0 aliphatic carbocycles. The van der Waals surface area contributed by atoms with Crippen LogP contribution >= 0.6 is 12.2 Å². The molecule has 2 aromatic carbocycles. The van der Waals surface area contributed by atoms with E-state index in [1.165, 1.54) is 5.01 Å². The molecule has 1 amide bonds. The van der Waals surface area contributed by atoms with Crippen LogP contribution in [-0.4, -0.2) is 21.3 Å². The molecule has 3 N–H and O–H groups in total. The SMILES string of the molecule is NC1=NN(c2ccccc2)C(=O)C1=Cn1c(=S)[nH]c2ccccc21. The van der Waals surface area contributed by atoms with Gasteiger partial charge in [0.15, 0.2) is 10.6 Å². The number of hydrogen-bond acceptors (Lipinski definition) is 4. The number of aromatic nitrogens is 2. The summed E-state index contributed by atoms with van der Waals surface area (Å²) in [7, 11) is 0. The van der Waals surface area contributed by atoms with Crippen LogP contribution in [0.4, 0.5) is 5.69 Å². The number of nitrogens with zero attached hydrogens (tertiary/aromatic N) is 3. The number of amides is 1. The maximum Gasteiger partial charge on any atom is 0.284 e. The first-order valence-electron chi connectivity index (χ1n) is 7.30. The monoisotopic (exact) mass is 335 g/mol. The Hall–Kier alpha value is -3.19. The Balaban J connectivity index is 1.81. The standard InChI is InChI=1S/C17H13N5OS/c18-15-12(16(23)22(20-15)11-6-2-1-3-7-11)10-21-14-9-5-4-8-13(14)19-17(21)24/h1-10H,(H2,18,20)(H,19,24). The Labute approximate surface area is 142 Å². The molecule has 3 aromatic rings. The molecule has 24 heavy (non-hydrogen) atoms. The molecule has 1 aliphatic rings. The molecule has 0 bridgehead atoms. The Morgan fingerprint density at radius 2 is 1.79 bits per heavy atom. The van der Waals surface area contributed by atoms with Gasteiger partial charge in [-0.15, -0.1) is 5.10 Å². The molecule has 0 saturated carbocycles. The van der Waals surface area contributed by atoms with Gasteiger partial charge in [0.2, 0.25) is 0 Å². The predicted molar refractivity (Wildman–Crippen MR) is 96.9 cm³/mol. The number of nitrogens with two attached hydrogens (primary N) is 1. The molecule has 0 unspecified atom stereocenters. The van der Waals surface area contributed by atoms with Crippen molar-refractivity contribution in [1.29, 1.82) is 0 Å². The van der Waals surface area contributed by atoms with Crippen molar-refractivity contribution in [3.05, 3.63) is 64.9 Å². The second-order valence-corrected chi connectivity index (χ2v) is 5.68. The number of anilines is 1. The van der Waals surface area contributed by atoms with Gasteiger partial charge in [0.1, 0.15) is 5.57 Å². The quantitative estimate of drug-likeness (QED) is 0.558. The lowest BCUT2D eigenvalue weighted by atomic mass is 10.2. The van der Waals surface area contributed by atoms with E-state index in [0.29, 0.717) is 16.0 Å². The molecule has 0 fully saturated rings. The lowest BCUT2D eigenvalue weighted by Gasteiger charge is -2.10. The van der Waals surface area contributed by atoms with Crippen molar-refractivity contribution >= 4 is 46.9 Å². The Morgan fingerprint density at radius 3 is 2.58 bits per heavy atom. The molecular formula is C17H13N5OS. The number of nitrogens with one attached hydrogen (secondary N) is 1. The third kappa shape index (κ3) is 2.22. The van der Waals surface area contributed by atoms with E-state index in [4.69, 9.17) is 18.0 Å². The van der Waals surface area contributed by atoms with Gasteiger partial charge in [-0.05, 0) is 36.5 Å². The molecule has 0 atom stereocenters. The highest BCUT2D eigenvalue weighted by atomic mass is 32.1. The first kappa shape index (κ1) is 14.4. The largest absolute Gasteiger partial charge is 0.382 e. The maximum atomic E-state index is 12.7. The molecule has 0 spiro atoms. The van der Waals surface area contributed by atoms with Gasteiger partial charge < -0.3 is 10.7 Å². The number of imidazole rings is 1. The van der Waals surface area contributed by atoms with Crippen molar-refractivity contribution in [2.24, 2.45) is 10.8 Å². The summed E-state index contributed by atoms with van der Waals surface area (Å²) in [6, 6.07) is 16.8. The zero-order valence-corrected chi connectivity index (χ0v) is 13.3. The highest BCUT2D eigenvalue weighted by Crippen LogP contribution is 2.23. The van der Waals surface area contributed by atoms with Crippen LogP contribution in [0.3, 0.4) is 0 Å². The average Bonchev–Trinajstić information content (AvgIpc) is 3.07. The van der Waals surface area contributed by atoms with Crippen LogP contribution in [0.2, 0.25) is 0 Å². The summed E-state index contributed by atoms with van der Waals surface area (Å²) >= 11 is 5.34. The van der Waals surface area contributed by atoms with Crippen LogP contribution in [0.15, 0.2) is 65.3 Å². The fourth-order valence-electron chi connectivity index (χ4n) is 2.63. The van der Waals surface area contributed by atoms with Gasteiger partial charge >= 0.3 is 0 Å². The number of benzene rings is 2. The van der Waals surface area contributed by atoms with E-state index in [-0.39, 0.29) is 11.7 Å². The second kappa shape index (κ2) is 5.47. The number of H-pyrrole nitrogens is 1. The molecule has 6 nitrogen and oxygen atoms in total. The van der Waals surface area contributed by atoms with E-state index in [2.05, 4.69) is 10.1 Å². The highest BCUT2D eigenvalue weighted by Gasteiger charge is 2.30. The van der Waals surface area contributed by atoms with Gasteiger partial charge in [-0.2, -0.15) is 5.01 Å². The molecule has 0 radical (unpaired) electrons. The number of carbonyl (C=O) groups excluding carboxylic acids is 1. The normalized spacial score (nSPS) is 16.2. The number of rotatable bonds is 2. The van der Waals surface area contributed by atoms with Gasteiger partial charge in [-0.25, -0.2) is 0 Å². The van der Waals surface area contributed by atoms with Crippen molar-refractivity contribution in [2.75, 3.05) is 5.01 Å². The van der Waals surface area contributed by atoms with Gasteiger partial charge in [0.25, 0.3) is 5.91 Å². The van der Waals surface area contributed by atoms with E-state index in [9.17, 15) is 4.79 Å². The summed E-state index contributed by atoms with van der Waals surface area (Å²) in [5.74, 6) is -0.123. The number of aromatic amines is 1. The van der Waals surface area contributed by atoms with E-state index < -0.39 is 0 Å². The van der Waals surface area contributed by atoms with E-state index >= 15 is 0 Å². The summed E-state index contributed by atoms with van der Waals surface area (Å²) < 4.78 is 2.22. The van der Waals surface area contributed by atoms with E-state index in [1.54, 1.807) is 22.9 Å². The van der Waals surface area contributed by atoms with E-state index in [0.717, 1.165) is 11.0 Å². The number of fused-ring (bicyclic) bond motifs is 1. The third-order valence-electron chi connectivity index (χ3n) is 3.79. The smallest absolute Gasteiger partial charge is 0.284 e. The van der Waals surface area contributed by atoms with Crippen molar-refractivity contribution in [3.8, 4) is 0 Å². The number of carbonyl (C=O) groups is 1. The molecule has 1 aliphatic heterocycles. The second-order valence-electron chi connectivity index (χ2n) is 5.30. The number of para-hydroxylation sites is 3.